The number of carbonyl (C=O) groups is 3. The van der Waals surface area contributed by atoms with Gasteiger partial charge in [-0.05, 0) is 77.0 Å². The van der Waals surface area contributed by atoms with Gasteiger partial charge >= 0.3 is 17.9 Å². The average molecular weight is 813 g/mol. The molecule has 1 unspecified atom stereocenters. The normalized spacial score (nSPS) is 12.4. The summed E-state index contributed by atoms with van der Waals surface area (Å²) in [5.74, 6) is -0.942. The number of carbonyl (C=O) groups excluding carboxylic acids is 3. The molecule has 336 valence electrons. The van der Waals surface area contributed by atoms with Gasteiger partial charge in [-0.3, -0.25) is 14.4 Å². The van der Waals surface area contributed by atoms with E-state index >= 15 is 0 Å². The van der Waals surface area contributed by atoms with Crippen molar-refractivity contribution in [2.45, 2.75) is 252 Å². The van der Waals surface area contributed by atoms with Crippen LogP contribution in [0.1, 0.15) is 245 Å². The van der Waals surface area contributed by atoms with E-state index in [0.29, 0.717) is 19.3 Å². The number of rotatable bonds is 44. The van der Waals surface area contributed by atoms with Crippen molar-refractivity contribution < 1.29 is 28.6 Å². The van der Waals surface area contributed by atoms with Gasteiger partial charge in [0.1, 0.15) is 13.2 Å². The van der Waals surface area contributed by atoms with Crippen molar-refractivity contribution in [3.8, 4) is 0 Å². The fourth-order valence-corrected chi connectivity index (χ4v) is 6.86. The van der Waals surface area contributed by atoms with E-state index < -0.39 is 6.10 Å². The number of hydrogen-bond acceptors (Lipinski definition) is 6. The van der Waals surface area contributed by atoms with Gasteiger partial charge in [0.25, 0.3) is 0 Å². The Morgan fingerprint density at radius 1 is 0.362 bits per heavy atom. The molecule has 0 saturated carbocycles. The van der Waals surface area contributed by atoms with Crippen LogP contribution >= 0.6 is 0 Å². The Morgan fingerprint density at radius 3 is 1.12 bits per heavy atom. The number of hydrogen-bond donors (Lipinski definition) is 0. The molecule has 0 heterocycles. The van der Waals surface area contributed by atoms with Crippen LogP contribution in [0, 0.1) is 0 Å². The van der Waals surface area contributed by atoms with E-state index in [1.54, 1.807) is 0 Å². The molecule has 0 N–H and O–H groups in total. The summed E-state index contributed by atoms with van der Waals surface area (Å²) in [6, 6.07) is 0. The summed E-state index contributed by atoms with van der Waals surface area (Å²) in [4.78, 5) is 37.8. The van der Waals surface area contributed by atoms with Crippen LogP contribution in [-0.4, -0.2) is 37.2 Å². The van der Waals surface area contributed by atoms with E-state index in [4.69, 9.17) is 14.2 Å². The Morgan fingerprint density at radius 2 is 0.672 bits per heavy atom. The Hall–Kier alpha value is -2.63. The summed E-state index contributed by atoms with van der Waals surface area (Å²) in [5, 5.41) is 0. The van der Waals surface area contributed by atoms with Crippen LogP contribution in [0.3, 0.4) is 0 Å². The maximum atomic E-state index is 12.7. The molecule has 0 aromatic heterocycles. The highest BCUT2D eigenvalue weighted by Gasteiger charge is 2.19. The number of allylic oxidation sites excluding steroid dienone is 8. The van der Waals surface area contributed by atoms with Gasteiger partial charge in [0.2, 0.25) is 0 Å². The molecular weight excluding hydrogens is 721 g/mol. The third kappa shape index (κ3) is 44.5. The van der Waals surface area contributed by atoms with E-state index in [1.165, 1.54) is 116 Å². The first-order valence-corrected chi connectivity index (χ1v) is 24.6. The smallest absolute Gasteiger partial charge is 0.306 e. The molecular formula is C52H92O6. The number of ether oxygens (including phenoxy) is 3. The van der Waals surface area contributed by atoms with E-state index in [-0.39, 0.29) is 31.1 Å². The first kappa shape index (κ1) is 55.4. The molecule has 0 fully saturated rings. The summed E-state index contributed by atoms with van der Waals surface area (Å²) in [5.41, 5.74) is 0. The third-order valence-corrected chi connectivity index (χ3v) is 10.6. The molecule has 0 saturated heterocycles. The van der Waals surface area contributed by atoms with Gasteiger partial charge in [-0.25, -0.2) is 0 Å². The van der Waals surface area contributed by atoms with Crippen LogP contribution in [-0.2, 0) is 28.6 Å². The van der Waals surface area contributed by atoms with Crippen molar-refractivity contribution >= 4 is 17.9 Å². The van der Waals surface area contributed by atoms with E-state index in [9.17, 15) is 14.4 Å². The van der Waals surface area contributed by atoms with Gasteiger partial charge in [-0.15, -0.1) is 0 Å². The molecule has 6 heteroatoms. The summed E-state index contributed by atoms with van der Waals surface area (Å²) in [7, 11) is 0. The van der Waals surface area contributed by atoms with Crippen LogP contribution in [0.15, 0.2) is 48.6 Å². The second-order valence-electron chi connectivity index (χ2n) is 16.3. The minimum absolute atomic E-state index is 0.0892. The SMILES string of the molecule is CC/C=C\C/C=C\C/C=C\CCCCC(=O)OCC(COC(=O)CCCCCCCCCCCCCCCCC)OC(=O)CCCCC/C=C\CCCCCCCC. The van der Waals surface area contributed by atoms with E-state index in [0.717, 1.165) is 89.9 Å². The molecule has 0 rings (SSSR count). The van der Waals surface area contributed by atoms with Crippen molar-refractivity contribution in [1.82, 2.24) is 0 Å². The number of esters is 3. The number of unbranched alkanes of at least 4 members (excludes halogenated alkanes) is 25. The third-order valence-electron chi connectivity index (χ3n) is 10.6. The molecule has 58 heavy (non-hydrogen) atoms. The largest absolute Gasteiger partial charge is 0.462 e. The van der Waals surface area contributed by atoms with Crippen molar-refractivity contribution in [3.05, 3.63) is 48.6 Å². The monoisotopic (exact) mass is 813 g/mol. The predicted molar refractivity (Wildman–Crippen MR) is 247 cm³/mol. The maximum Gasteiger partial charge on any atom is 0.306 e. The molecule has 0 spiro atoms. The highest BCUT2D eigenvalue weighted by Crippen LogP contribution is 2.15. The lowest BCUT2D eigenvalue weighted by Crippen LogP contribution is -2.30. The zero-order chi connectivity index (χ0) is 42.3. The van der Waals surface area contributed by atoms with Crippen LogP contribution < -0.4 is 0 Å². The lowest BCUT2D eigenvalue weighted by atomic mass is 10.0. The summed E-state index contributed by atoms with van der Waals surface area (Å²) in [6.45, 7) is 6.47. The van der Waals surface area contributed by atoms with Gasteiger partial charge in [0.15, 0.2) is 6.10 Å². The van der Waals surface area contributed by atoms with E-state index in [2.05, 4.69) is 69.4 Å². The molecule has 0 aliphatic heterocycles. The van der Waals surface area contributed by atoms with Crippen molar-refractivity contribution in [2.24, 2.45) is 0 Å². The standard InChI is InChI=1S/C52H92O6/c1-4-7-10-13-16-19-22-25-26-28-30-33-36-39-42-45-51(54)57-48-49(47-56-50(53)44-41-38-35-32-29-24-21-18-15-12-9-6-3)58-52(55)46-43-40-37-34-31-27-23-20-17-14-11-8-5-2/h9,12,18,21,27,29,31-32,49H,4-8,10-11,13-17,19-20,22-26,28,30,33-48H2,1-3H3/b12-9-,21-18-,31-27-,32-29-. The first-order valence-electron chi connectivity index (χ1n) is 24.6. The van der Waals surface area contributed by atoms with E-state index in [1.807, 2.05) is 0 Å². The fraction of sp³-hybridized carbons (Fsp3) is 0.788. The molecule has 0 amide bonds. The Balaban J connectivity index is 4.41. The zero-order valence-corrected chi connectivity index (χ0v) is 38.3. The van der Waals surface area contributed by atoms with Gasteiger partial charge in [0, 0.05) is 19.3 Å². The Bertz CT molecular complexity index is 1030. The second-order valence-corrected chi connectivity index (χ2v) is 16.3. The minimum Gasteiger partial charge on any atom is -0.462 e. The molecule has 0 aliphatic rings. The molecule has 0 aliphatic carbocycles. The predicted octanol–water partition coefficient (Wildman–Crippen LogP) is 15.9. The van der Waals surface area contributed by atoms with Crippen molar-refractivity contribution in [2.75, 3.05) is 13.2 Å². The zero-order valence-electron chi connectivity index (χ0n) is 38.3. The summed E-state index contributed by atoms with van der Waals surface area (Å²) < 4.78 is 16.7. The highest BCUT2D eigenvalue weighted by atomic mass is 16.6. The quantitative estimate of drug-likeness (QED) is 0.0264. The molecule has 1 atom stereocenters. The van der Waals surface area contributed by atoms with Crippen LogP contribution in [0.5, 0.6) is 0 Å². The molecule has 0 bridgehead atoms. The molecule has 6 nitrogen and oxygen atoms in total. The molecule has 0 radical (unpaired) electrons. The lowest BCUT2D eigenvalue weighted by molar-refractivity contribution is -0.167. The van der Waals surface area contributed by atoms with Crippen LogP contribution in [0.4, 0.5) is 0 Å². The Kier molecular flexibility index (Phi) is 44.9. The van der Waals surface area contributed by atoms with Gasteiger partial charge in [-0.2, -0.15) is 0 Å². The Labute approximate surface area is 358 Å². The first-order chi connectivity index (χ1) is 28.5. The molecule has 0 aromatic rings. The second kappa shape index (κ2) is 47.1. The van der Waals surface area contributed by atoms with Crippen LogP contribution in [0.2, 0.25) is 0 Å². The average Bonchev–Trinajstić information content (AvgIpc) is 3.22. The van der Waals surface area contributed by atoms with Gasteiger partial charge in [-0.1, -0.05) is 198 Å². The minimum atomic E-state index is -0.792. The van der Waals surface area contributed by atoms with Crippen molar-refractivity contribution in [1.29, 1.82) is 0 Å². The van der Waals surface area contributed by atoms with Gasteiger partial charge in [0.05, 0.1) is 0 Å². The summed E-state index contributed by atoms with van der Waals surface area (Å²) in [6.07, 6.45) is 55.3. The van der Waals surface area contributed by atoms with Crippen LogP contribution in [0.25, 0.3) is 0 Å². The lowest BCUT2D eigenvalue weighted by Gasteiger charge is -2.18. The fourth-order valence-electron chi connectivity index (χ4n) is 6.86. The van der Waals surface area contributed by atoms with Crippen molar-refractivity contribution in [3.63, 3.8) is 0 Å². The molecule has 0 aromatic carbocycles. The maximum absolute atomic E-state index is 12.7. The van der Waals surface area contributed by atoms with Gasteiger partial charge < -0.3 is 14.2 Å². The highest BCUT2D eigenvalue weighted by molar-refractivity contribution is 5.71. The summed E-state index contributed by atoms with van der Waals surface area (Å²) >= 11 is 0. The topological polar surface area (TPSA) is 78.9 Å².